The number of pyridine rings is 1. The Morgan fingerprint density at radius 2 is 2.10 bits per heavy atom. The molecule has 0 aliphatic heterocycles. The Kier molecular flexibility index (Phi) is 7.37. The highest BCUT2D eigenvalue weighted by atomic mass is 35.5. The molecule has 0 saturated heterocycles. The molecule has 1 aromatic heterocycles. The number of nitrogens with one attached hydrogen (secondary N) is 2. The van der Waals surface area contributed by atoms with E-state index in [4.69, 9.17) is 11.6 Å². The smallest absolute Gasteiger partial charge is 0.251 e. The van der Waals surface area contributed by atoms with Gasteiger partial charge in [0.15, 0.2) is 0 Å². The fourth-order valence-electron chi connectivity index (χ4n) is 1.98. The highest BCUT2D eigenvalue weighted by Crippen LogP contribution is 2.15. The van der Waals surface area contributed by atoms with Gasteiger partial charge in [-0.15, -0.1) is 0 Å². The van der Waals surface area contributed by atoms with Gasteiger partial charge in [-0.3, -0.25) is 4.79 Å². The lowest BCUT2D eigenvalue weighted by Crippen LogP contribution is -2.32. The van der Waals surface area contributed by atoms with E-state index in [0.717, 1.165) is 19.4 Å². The Hall–Kier alpha value is -1.29. The Labute approximate surface area is 126 Å². The molecule has 20 heavy (non-hydrogen) atoms. The van der Waals surface area contributed by atoms with Gasteiger partial charge in [0.1, 0.15) is 11.0 Å². The molecular formula is C15H24ClN3O. The monoisotopic (exact) mass is 297 g/mol. The Balaban J connectivity index is 2.62. The van der Waals surface area contributed by atoms with Gasteiger partial charge >= 0.3 is 0 Å². The van der Waals surface area contributed by atoms with Gasteiger partial charge in [-0.05, 0) is 32.4 Å². The molecule has 0 spiro atoms. The third-order valence-corrected chi connectivity index (χ3v) is 3.23. The molecule has 1 unspecified atom stereocenters. The third kappa shape index (κ3) is 5.78. The number of hydrogen-bond acceptors (Lipinski definition) is 3. The molecule has 1 rings (SSSR count). The van der Waals surface area contributed by atoms with Crippen molar-refractivity contribution in [3.63, 3.8) is 0 Å². The van der Waals surface area contributed by atoms with Gasteiger partial charge in [-0.25, -0.2) is 4.98 Å². The second-order valence-corrected chi connectivity index (χ2v) is 5.35. The van der Waals surface area contributed by atoms with E-state index in [1.807, 2.05) is 13.8 Å². The maximum absolute atomic E-state index is 12.2. The molecule has 0 aliphatic carbocycles. The first-order valence-corrected chi connectivity index (χ1v) is 7.67. The van der Waals surface area contributed by atoms with Crippen LogP contribution in [-0.4, -0.2) is 23.5 Å². The molecule has 2 N–H and O–H groups in total. The highest BCUT2D eigenvalue weighted by Gasteiger charge is 2.12. The van der Waals surface area contributed by atoms with Gasteiger partial charge in [0.05, 0.1) is 0 Å². The van der Waals surface area contributed by atoms with E-state index < -0.39 is 0 Å². The largest absolute Gasteiger partial charge is 0.370 e. The normalized spacial score (nSPS) is 12.0. The van der Waals surface area contributed by atoms with Gasteiger partial charge in [0, 0.05) is 18.2 Å². The van der Waals surface area contributed by atoms with Gasteiger partial charge in [0.25, 0.3) is 5.91 Å². The number of unbranched alkanes of at least 4 members (excludes halogenated alkanes) is 2. The van der Waals surface area contributed by atoms with Crippen molar-refractivity contribution in [1.82, 2.24) is 10.3 Å². The summed E-state index contributed by atoms with van der Waals surface area (Å²) in [6.07, 6.45) is 4.52. The zero-order chi connectivity index (χ0) is 15.0. The van der Waals surface area contributed by atoms with Crippen LogP contribution in [0.3, 0.4) is 0 Å². The first-order valence-electron chi connectivity index (χ1n) is 7.29. The lowest BCUT2D eigenvalue weighted by Gasteiger charge is -2.14. The number of carbonyl (C=O) groups is 1. The first kappa shape index (κ1) is 16.8. The van der Waals surface area contributed by atoms with Crippen molar-refractivity contribution in [3.05, 3.63) is 22.8 Å². The van der Waals surface area contributed by atoms with Crippen LogP contribution in [0, 0.1) is 0 Å². The number of hydrogen-bond donors (Lipinski definition) is 2. The molecule has 4 nitrogen and oxygen atoms in total. The molecule has 0 bridgehead atoms. The lowest BCUT2D eigenvalue weighted by molar-refractivity contribution is 0.0938. The van der Waals surface area contributed by atoms with Crippen LogP contribution in [0.15, 0.2) is 12.1 Å². The first-order chi connectivity index (χ1) is 9.56. The summed E-state index contributed by atoms with van der Waals surface area (Å²) in [6, 6.07) is 3.49. The zero-order valence-corrected chi connectivity index (χ0v) is 13.3. The summed E-state index contributed by atoms with van der Waals surface area (Å²) in [5, 5.41) is 6.39. The molecule has 1 heterocycles. The van der Waals surface area contributed by atoms with Crippen molar-refractivity contribution in [2.75, 3.05) is 11.9 Å². The summed E-state index contributed by atoms with van der Waals surface area (Å²) in [4.78, 5) is 16.3. The molecule has 0 radical (unpaired) electrons. The second kappa shape index (κ2) is 8.80. The van der Waals surface area contributed by atoms with Crippen molar-refractivity contribution in [3.8, 4) is 0 Å². The maximum atomic E-state index is 12.2. The van der Waals surface area contributed by atoms with Gasteiger partial charge in [0.2, 0.25) is 0 Å². The van der Waals surface area contributed by atoms with E-state index in [9.17, 15) is 4.79 Å². The van der Waals surface area contributed by atoms with Crippen molar-refractivity contribution in [2.24, 2.45) is 0 Å². The van der Waals surface area contributed by atoms with Crippen LogP contribution in [0.2, 0.25) is 5.15 Å². The third-order valence-electron chi connectivity index (χ3n) is 3.03. The van der Waals surface area contributed by atoms with E-state index in [-0.39, 0.29) is 11.9 Å². The lowest BCUT2D eigenvalue weighted by atomic mass is 10.1. The average Bonchev–Trinajstić information content (AvgIpc) is 2.38. The molecule has 1 atom stereocenters. The number of carbonyl (C=O) groups excluding carboxylic acids is 1. The topological polar surface area (TPSA) is 54.0 Å². The molecule has 112 valence electrons. The van der Waals surface area contributed by atoms with E-state index in [0.29, 0.717) is 16.5 Å². The average molecular weight is 298 g/mol. The predicted molar refractivity (Wildman–Crippen MR) is 84.5 cm³/mol. The Morgan fingerprint density at radius 3 is 2.75 bits per heavy atom. The minimum absolute atomic E-state index is 0.0996. The molecule has 1 aromatic rings. The van der Waals surface area contributed by atoms with E-state index in [1.54, 1.807) is 12.1 Å². The van der Waals surface area contributed by atoms with Crippen molar-refractivity contribution >= 4 is 23.3 Å². The molecule has 0 saturated carbocycles. The fraction of sp³-hybridized carbons (Fsp3) is 0.600. The van der Waals surface area contributed by atoms with Crippen LogP contribution in [0.1, 0.15) is 56.8 Å². The summed E-state index contributed by atoms with van der Waals surface area (Å²) < 4.78 is 0. The summed E-state index contributed by atoms with van der Waals surface area (Å²) in [6.45, 7) is 6.91. The zero-order valence-electron chi connectivity index (χ0n) is 12.5. The van der Waals surface area contributed by atoms with Crippen LogP contribution in [-0.2, 0) is 0 Å². The maximum Gasteiger partial charge on any atom is 0.251 e. The second-order valence-electron chi connectivity index (χ2n) is 4.96. The summed E-state index contributed by atoms with van der Waals surface area (Å²) >= 11 is 5.94. The fourth-order valence-corrected chi connectivity index (χ4v) is 2.19. The standard InChI is InChI=1S/C15H24ClN3O/c1-4-6-7-8-11(3)18-15(20)12-9-13(16)19-14(10-12)17-5-2/h9-11H,4-8H2,1-3H3,(H,17,19)(H,18,20). The molecule has 1 amide bonds. The number of rotatable bonds is 8. The quantitative estimate of drug-likeness (QED) is 0.566. The minimum atomic E-state index is -0.0996. The Morgan fingerprint density at radius 1 is 1.35 bits per heavy atom. The van der Waals surface area contributed by atoms with Crippen molar-refractivity contribution < 1.29 is 4.79 Å². The number of anilines is 1. The van der Waals surface area contributed by atoms with Crippen LogP contribution < -0.4 is 10.6 Å². The van der Waals surface area contributed by atoms with Crippen LogP contribution >= 0.6 is 11.6 Å². The van der Waals surface area contributed by atoms with Gasteiger partial charge in [-0.1, -0.05) is 37.8 Å². The molecule has 0 aromatic carbocycles. The highest BCUT2D eigenvalue weighted by molar-refractivity contribution is 6.29. The number of nitrogens with zero attached hydrogens (tertiary/aromatic N) is 1. The molecular weight excluding hydrogens is 274 g/mol. The molecule has 5 heteroatoms. The number of amides is 1. The van der Waals surface area contributed by atoms with E-state index in [1.165, 1.54) is 12.8 Å². The van der Waals surface area contributed by atoms with Crippen LogP contribution in [0.5, 0.6) is 0 Å². The van der Waals surface area contributed by atoms with Gasteiger partial charge in [-0.2, -0.15) is 0 Å². The number of halogens is 1. The van der Waals surface area contributed by atoms with Crippen molar-refractivity contribution in [1.29, 1.82) is 0 Å². The van der Waals surface area contributed by atoms with Gasteiger partial charge < -0.3 is 10.6 Å². The SMILES string of the molecule is CCCCCC(C)NC(=O)c1cc(Cl)nc(NCC)c1. The summed E-state index contributed by atoms with van der Waals surface area (Å²) in [5.74, 6) is 0.529. The van der Waals surface area contributed by atoms with Crippen LogP contribution in [0.4, 0.5) is 5.82 Å². The summed E-state index contributed by atoms with van der Waals surface area (Å²) in [7, 11) is 0. The summed E-state index contributed by atoms with van der Waals surface area (Å²) in [5.41, 5.74) is 0.545. The molecule has 0 fully saturated rings. The van der Waals surface area contributed by atoms with E-state index in [2.05, 4.69) is 22.5 Å². The molecule has 0 aliphatic rings. The van der Waals surface area contributed by atoms with E-state index >= 15 is 0 Å². The predicted octanol–water partition coefficient (Wildman–Crippen LogP) is 3.87. The van der Waals surface area contributed by atoms with Crippen molar-refractivity contribution in [2.45, 2.75) is 52.5 Å². The minimum Gasteiger partial charge on any atom is -0.370 e. The van der Waals surface area contributed by atoms with Crippen LogP contribution in [0.25, 0.3) is 0 Å². The number of aromatic nitrogens is 1. The Bertz CT molecular complexity index is 437.